The molecule has 0 rings (SSSR count). The summed E-state index contributed by atoms with van der Waals surface area (Å²) in [5.41, 5.74) is 2.67. The van der Waals surface area contributed by atoms with Crippen LogP contribution in [0.3, 0.4) is 0 Å². The van der Waals surface area contributed by atoms with Crippen LogP contribution in [0.2, 0.25) is 0 Å². The molecule has 0 aromatic rings. The minimum Gasteiger partial charge on any atom is -0.0874 e. The van der Waals surface area contributed by atoms with Gasteiger partial charge in [-0.3, -0.25) is 0 Å². The highest BCUT2D eigenvalue weighted by Gasteiger charge is 1.84. The molecule has 0 aliphatic heterocycles. The van der Waals surface area contributed by atoms with Gasteiger partial charge in [0.1, 0.15) is 0 Å². The molecular formula is C12H22. The van der Waals surface area contributed by atoms with Crippen LogP contribution in [0.5, 0.6) is 0 Å². The molecule has 0 spiro atoms. The van der Waals surface area contributed by atoms with Gasteiger partial charge in [-0.25, -0.2) is 0 Å². The molecule has 0 atom stereocenters. The summed E-state index contributed by atoms with van der Waals surface area (Å²) in [7, 11) is 0. The lowest BCUT2D eigenvalue weighted by Crippen LogP contribution is -1.74. The number of hydrogen-bond acceptors (Lipinski definition) is 0. The van der Waals surface area contributed by atoms with Gasteiger partial charge in [-0.2, -0.15) is 0 Å². The summed E-state index contributed by atoms with van der Waals surface area (Å²) >= 11 is 0. The third-order valence-corrected chi connectivity index (χ3v) is 1.46. The maximum absolute atomic E-state index is 2.12. The molecular weight excluding hydrogens is 144 g/mol. The van der Waals surface area contributed by atoms with Crippen LogP contribution in [0.15, 0.2) is 35.5 Å². The second-order valence-corrected chi connectivity index (χ2v) is 2.37. The van der Waals surface area contributed by atoms with E-state index in [-0.39, 0.29) is 0 Å². The van der Waals surface area contributed by atoms with Crippen molar-refractivity contribution in [1.82, 2.24) is 0 Å². The zero-order valence-corrected chi connectivity index (χ0v) is 9.31. The number of hydrogen-bond donors (Lipinski definition) is 0. The first-order valence-corrected chi connectivity index (χ1v) is 4.65. The standard InChI is InChI=1S/C10H16.C2H6/c1-5-7-9(3)10(4)8-6-2;1-2/h5-8H,1-4H3;1-2H3/b7-5-,8-6-,10-9-;. The predicted molar refractivity (Wildman–Crippen MR) is 59.4 cm³/mol. The average molecular weight is 166 g/mol. The van der Waals surface area contributed by atoms with Crippen molar-refractivity contribution in [3.63, 3.8) is 0 Å². The van der Waals surface area contributed by atoms with E-state index in [0.29, 0.717) is 0 Å². The molecule has 0 nitrogen and oxygen atoms in total. The molecule has 12 heavy (non-hydrogen) atoms. The first-order chi connectivity index (χ1) is 5.72. The lowest BCUT2D eigenvalue weighted by Gasteiger charge is -1.94. The minimum atomic E-state index is 1.33. The largest absolute Gasteiger partial charge is 0.0874 e. The molecule has 0 bridgehead atoms. The summed E-state index contributed by atoms with van der Waals surface area (Å²) in [5, 5.41) is 0. The van der Waals surface area contributed by atoms with E-state index in [4.69, 9.17) is 0 Å². The lowest BCUT2D eigenvalue weighted by atomic mass is 10.1. The van der Waals surface area contributed by atoms with Crippen molar-refractivity contribution >= 4 is 0 Å². The van der Waals surface area contributed by atoms with Crippen LogP contribution < -0.4 is 0 Å². The summed E-state index contributed by atoms with van der Waals surface area (Å²) in [6.45, 7) is 12.3. The average Bonchev–Trinajstić information content (AvgIpc) is 2.09. The normalized spacial score (nSPS) is 12.8. The predicted octanol–water partition coefficient (Wildman–Crippen LogP) is 4.50. The Bertz CT molecular complexity index is 148. The van der Waals surface area contributed by atoms with E-state index in [1.54, 1.807) is 0 Å². The van der Waals surface area contributed by atoms with E-state index in [0.717, 1.165) is 0 Å². The zero-order valence-electron chi connectivity index (χ0n) is 9.31. The molecule has 70 valence electrons. The van der Waals surface area contributed by atoms with Crippen LogP contribution in [-0.4, -0.2) is 0 Å². The van der Waals surface area contributed by atoms with Crippen molar-refractivity contribution in [2.45, 2.75) is 41.5 Å². The molecule has 0 saturated heterocycles. The fraction of sp³-hybridized carbons (Fsp3) is 0.500. The Balaban J connectivity index is 0. The van der Waals surface area contributed by atoms with Crippen molar-refractivity contribution in [3.05, 3.63) is 35.5 Å². The Labute approximate surface area is 77.7 Å². The fourth-order valence-corrected chi connectivity index (χ4v) is 0.763. The topological polar surface area (TPSA) is 0 Å². The second kappa shape index (κ2) is 10.2. The monoisotopic (exact) mass is 166 g/mol. The van der Waals surface area contributed by atoms with Gasteiger partial charge >= 0.3 is 0 Å². The maximum Gasteiger partial charge on any atom is -0.0395 e. The molecule has 0 heteroatoms. The van der Waals surface area contributed by atoms with Gasteiger partial charge in [-0.15, -0.1) is 0 Å². The third kappa shape index (κ3) is 7.33. The Kier molecular flexibility index (Phi) is 11.7. The Morgan fingerprint density at radius 2 is 1.00 bits per heavy atom. The molecule has 0 aromatic heterocycles. The highest BCUT2D eigenvalue weighted by Crippen LogP contribution is 2.05. The van der Waals surface area contributed by atoms with Crippen molar-refractivity contribution in [2.24, 2.45) is 0 Å². The zero-order chi connectivity index (χ0) is 9.98. The van der Waals surface area contributed by atoms with Gasteiger partial charge in [0.15, 0.2) is 0 Å². The Hall–Kier alpha value is -0.780. The van der Waals surface area contributed by atoms with E-state index in [9.17, 15) is 0 Å². The molecule has 0 saturated carbocycles. The van der Waals surface area contributed by atoms with Crippen LogP contribution >= 0.6 is 0 Å². The maximum atomic E-state index is 2.12. The Morgan fingerprint density at radius 3 is 1.17 bits per heavy atom. The summed E-state index contributed by atoms with van der Waals surface area (Å²) < 4.78 is 0. The summed E-state index contributed by atoms with van der Waals surface area (Å²) in [6, 6.07) is 0. The molecule has 0 amide bonds. The second-order valence-electron chi connectivity index (χ2n) is 2.37. The van der Waals surface area contributed by atoms with Gasteiger partial charge in [0, 0.05) is 0 Å². The van der Waals surface area contributed by atoms with Crippen LogP contribution in [0.4, 0.5) is 0 Å². The van der Waals surface area contributed by atoms with Crippen LogP contribution in [-0.2, 0) is 0 Å². The van der Waals surface area contributed by atoms with Crippen molar-refractivity contribution in [3.8, 4) is 0 Å². The molecule has 0 aromatic carbocycles. The summed E-state index contributed by atoms with van der Waals surface area (Å²) in [5.74, 6) is 0. The molecule has 0 unspecified atom stereocenters. The van der Waals surface area contributed by atoms with Gasteiger partial charge in [-0.1, -0.05) is 38.2 Å². The molecule has 0 heterocycles. The Morgan fingerprint density at radius 1 is 0.750 bits per heavy atom. The van der Waals surface area contributed by atoms with Gasteiger partial charge in [0.05, 0.1) is 0 Å². The third-order valence-electron chi connectivity index (χ3n) is 1.46. The SMILES string of the molecule is CC.C\C=C/C(C)=C(C)\C=C/C. The summed E-state index contributed by atoms with van der Waals surface area (Å²) in [4.78, 5) is 0. The van der Waals surface area contributed by atoms with Crippen molar-refractivity contribution in [2.75, 3.05) is 0 Å². The highest BCUT2D eigenvalue weighted by molar-refractivity contribution is 5.29. The number of allylic oxidation sites excluding steroid dienone is 6. The van der Waals surface area contributed by atoms with Crippen LogP contribution in [0.1, 0.15) is 41.5 Å². The van der Waals surface area contributed by atoms with Crippen LogP contribution in [0.25, 0.3) is 0 Å². The van der Waals surface area contributed by atoms with E-state index in [1.165, 1.54) is 11.1 Å². The lowest BCUT2D eigenvalue weighted by molar-refractivity contribution is 1.36. The van der Waals surface area contributed by atoms with Gasteiger partial charge < -0.3 is 0 Å². The molecule has 0 aliphatic carbocycles. The van der Waals surface area contributed by atoms with Gasteiger partial charge in [0.2, 0.25) is 0 Å². The minimum absolute atomic E-state index is 1.33. The van der Waals surface area contributed by atoms with E-state index in [1.807, 2.05) is 27.7 Å². The van der Waals surface area contributed by atoms with Gasteiger partial charge in [-0.05, 0) is 38.8 Å². The molecule has 0 N–H and O–H groups in total. The fourth-order valence-electron chi connectivity index (χ4n) is 0.763. The first kappa shape index (κ1) is 13.8. The van der Waals surface area contributed by atoms with Gasteiger partial charge in [0.25, 0.3) is 0 Å². The van der Waals surface area contributed by atoms with Crippen molar-refractivity contribution < 1.29 is 0 Å². The van der Waals surface area contributed by atoms with E-state index < -0.39 is 0 Å². The molecule has 0 radical (unpaired) electrons. The van der Waals surface area contributed by atoms with E-state index >= 15 is 0 Å². The molecule has 0 fully saturated rings. The number of rotatable bonds is 2. The summed E-state index contributed by atoms with van der Waals surface area (Å²) in [6.07, 6.45) is 8.36. The van der Waals surface area contributed by atoms with Crippen molar-refractivity contribution in [1.29, 1.82) is 0 Å². The van der Waals surface area contributed by atoms with Crippen LogP contribution in [0, 0.1) is 0 Å². The quantitative estimate of drug-likeness (QED) is 0.530. The smallest absolute Gasteiger partial charge is 0.0395 e. The first-order valence-electron chi connectivity index (χ1n) is 4.65. The van der Waals surface area contributed by atoms with E-state index in [2.05, 4.69) is 38.2 Å². The highest BCUT2D eigenvalue weighted by atomic mass is 13.9. The molecule has 0 aliphatic rings.